The Balaban J connectivity index is 1.72. The van der Waals surface area contributed by atoms with Gasteiger partial charge in [0.2, 0.25) is 0 Å². The van der Waals surface area contributed by atoms with Gasteiger partial charge in [0.05, 0.1) is 13.2 Å². The van der Waals surface area contributed by atoms with E-state index < -0.39 is 0 Å². The first kappa shape index (κ1) is 10.7. The van der Waals surface area contributed by atoms with Gasteiger partial charge in [-0.3, -0.25) is 0 Å². The maximum Gasteiger partial charge on any atom is 0.0809 e. The van der Waals surface area contributed by atoms with Crippen molar-refractivity contribution in [1.29, 1.82) is 0 Å². The highest BCUT2D eigenvalue weighted by Crippen LogP contribution is 2.42. The summed E-state index contributed by atoms with van der Waals surface area (Å²) in [6.45, 7) is 1.70. The van der Waals surface area contributed by atoms with Gasteiger partial charge in [-0.15, -0.1) is 11.3 Å². The van der Waals surface area contributed by atoms with Crippen LogP contribution in [0.3, 0.4) is 0 Å². The minimum atomic E-state index is 0.456. The predicted molar refractivity (Wildman–Crippen MR) is 64.1 cm³/mol. The van der Waals surface area contributed by atoms with Crippen molar-refractivity contribution in [3.63, 3.8) is 0 Å². The molecule has 0 aromatic carbocycles. The molecule has 1 saturated carbocycles. The minimum absolute atomic E-state index is 0.456. The van der Waals surface area contributed by atoms with E-state index in [1.807, 2.05) is 0 Å². The van der Waals surface area contributed by atoms with Crippen LogP contribution in [-0.4, -0.2) is 11.9 Å². The third kappa shape index (κ3) is 2.38. The van der Waals surface area contributed by atoms with Crippen molar-refractivity contribution in [1.82, 2.24) is 0 Å². The lowest BCUT2D eigenvalue weighted by atomic mass is 9.71. The number of hydrogen-bond acceptors (Lipinski definition) is 2. The van der Waals surface area contributed by atoms with E-state index in [4.69, 9.17) is 4.74 Å². The number of thiophene rings is 1. The first-order valence-corrected chi connectivity index (χ1v) is 7.01. The summed E-state index contributed by atoms with van der Waals surface area (Å²) in [7, 11) is 0. The average Bonchev–Trinajstić information content (AvgIpc) is 2.62. The Morgan fingerprint density at radius 1 is 1.50 bits per heavy atom. The summed E-state index contributed by atoms with van der Waals surface area (Å²) >= 11 is 5.35. The molecule has 0 bridgehead atoms. The molecule has 1 aromatic heterocycles. The fourth-order valence-corrected chi connectivity index (χ4v) is 3.12. The Bertz CT molecular complexity index is 261. The zero-order chi connectivity index (χ0) is 9.86. The van der Waals surface area contributed by atoms with E-state index in [0.717, 1.165) is 18.5 Å². The van der Waals surface area contributed by atoms with Crippen LogP contribution < -0.4 is 0 Å². The lowest BCUT2D eigenvalue weighted by molar-refractivity contribution is 0.00366. The Morgan fingerprint density at radius 2 is 2.36 bits per heavy atom. The van der Waals surface area contributed by atoms with E-state index in [1.165, 1.54) is 24.1 Å². The monoisotopic (exact) mass is 274 g/mol. The van der Waals surface area contributed by atoms with Gasteiger partial charge in [0.15, 0.2) is 0 Å². The molecule has 1 aromatic rings. The van der Waals surface area contributed by atoms with Crippen LogP contribution in [0, 0.1) is 5.41 Å². The molecule has 0 saturated heterocycles. The van der Waals surface area contributed by atoms with E-state index in [1.54, 1.807) is 11.3 Å². The lowest BCUT2D eigenvalue weighted by Gasteiger charge is -2.40. The van der Waals surface area contributed by atoms with E-state index in [9.17, 15) is 0 Å². The summed E-state index contributed by atoms with van der Waals surface area (Å²) in [5, 5.41) is 3.19. The molecule has 1 aliphatic carbocycles. The van der Waals surface area contributed by atoms with Gasteiger partial charge >= 0.3 is 0 Å². The summed E-state index contributed by atoms with van der Waals surface area (Å²) < 4.78 is 5.76. The van der Waals surface area contributed by atoms with Crippen LogP contribution >= 0.6 is 27.3 Å². The van der Waals surface area contributed by atoms with Crippen molar-refractivity contribution in [3.8, 4) is 0 Å². The standard InChI is InChI=1S/C11H15BrOS/c12-8-11(4-2-5-11)9-13-7-10-3-1-6-14-10/h1,3,6H,2,4-5,7-9H2. The van der Waals surface area contributed by atoms with Gasteiger partial charge in [0.1, 0.15) is 0 Å². The Kier molecular flexibility index (Phi) is 3.63. The van der Waals surface area contributed by atoms with Crippen molar-refractivity contribution < 1.29 is 4.74 Å². The molecule has 1 fully saturated rings. The molecular weight excluding hydrogens is 260 g/mol. The number of ether oxygens (including phenoxy) is 1. The van der Waals surface area contributed by atoms with Crippen molar-refractivity contribution in [2.24, 2.45) is 5.41 Å². The van der Waals surface area contributed by atoms with Crippen LogP contribution in [0.25, 0.3) is 0 Å². The molecule has 14 heavy (non-hydrogen) atoms. The maximum atomic E-state index is 5.76. The molecule has 0 aliphatic heterocycles. The molecule has 0 atom stereocenters. The first-order valence-electron chi connectivity index (χ1n) is 5.01. The molecule has 0 amide bonds. The molecular formula is C11H15BrOS. The highest BCUT2D eigenvalue weighted by atomic mass is 79.9. The third-order valence-electron chi connectivity index (χ3n) is 2.93. The second-order valence-corrected chi connectivity index (χ2v) is 5.65. The lowest BCUT2D eigenvalue weighted by Crippen LogP contribution is -2.35. The molecule has 2 rings (SSSR count). The highest BCUT2D eigenvalue weighted by molar-refractivity contribution is 9.09. The van der Waals surface area contributed by atoms with E-state index in [2.05, 4.69) is 33.4 Å². The van der Waals surface area contributed by atoms with Crippen molar-refractivity contribution in [2.75, 3.05) is 11.9 Å². The van der Waals surface area contributed by atoms with Crippen molar-refractivity contribution in [2.45, 2.75) is 25.9 Å². The average molecular weight is 275 g/mol. The summed E-state index contributed by atoms with van der Waals surface area (Å²) in [6.07, 6.45) is 4.01. The molecule has 0 radical (unpaired) electrons. The summed E-state index contributed by atoms with van der Waals surface area (Å²) in [4.78, 5) is 1.33. The molecule has 1 heterocycles. The normalized spacial score (nSPS) is 19.2. The topological polar surface area (TPSA) is 9.23 Å². The fraction of sp³-hybridized carbons (Fsp3) is 0.636. The summed E-state index contributed by atoms with van der Waals surface area (Å²) in [6, 6.07) is 4.21. The Labute approximate surface area is 97.6 Å². The molecule has 0 unspecified atom stereocenters. The van der Waals surface area contributed by atoms with E-state index in [0.29, 0.717) is 5.41 Å². The second-order valence-electron chi connectivity index (χ2n) is 4.06. The largest absolute Gasteiger partial charge is 0.375 e. The molecule has 78 valence electrons. The maximum absolute atomic E-state index is 5.76. The van der Waals surface area contributed by atoms with Gasteiger partial charge in [-0.2, -0.15) is 0 Å². The number of rotatable bonds is 5. The Hall–Kier alpha value is 0.140. The zero-order valence-corrected chi connectivity index (χ0v) is 10.6. The SMILES string of the molecule is BrCC1(COCc2cccs2)CCC1. The number of halogens is 1. The van der Waals surface area contributed by atoms with Gasteiger partial charge in [0.25, 0.3) is 0 Å². The van der Waals surface area contributed by atoms with E-state index >= 15 is 0 Å². The molecule has 0 N–H and O–H groups in total. The van der Waals surface area contributed by atoms with Crippen LogP contribution in [-0.2, 0) is 11.3 Å². The summed E-state index contributed by atoms with van der Waals surface area (Å²) in [5.41, 5.74) is 0.456. The minimum Gasteiger partial charge on any atom is -0.375 e. The van der Waals surface area contributed by atoms with E-state index in [-0.39, 0.29) is 0 Å². The first-order chi connectivity index (χ1) is 6.85. The predicted octanol–water partition coefficient (Wildman–Crippen LogP) is 3.83. The quantitative estimate of drug-likeness (QED) is 0.742. The van der Waals surface area contributed by atoms with Gasteiger partial charge in [-0.25, -0.2) is 0 Å². The van der Waals surface area contributed by atoms with Crippen molar-refractivity contribution >= 4 is 27.3 Å². The Morgan fingerprint density at radius 3 is 2.86 bits per heavy atom. The fourth-order valence-electron chi connectivity index (χ4n) is 1.76. The number of alkyl halides is 1. The van der Waals surface area contributed by atoms with Gasteiger partial charge < -0.3 is 4.74 Å². The molecule has 1 aliphatic rings. The number of hydrogen-bond donors (Lipinski definition) is 0. The van der Waals surface area contributed by atoms with Crippen LogP contribution in [0.1, 0.15) is 24.1 Å². The molecule has 3 heteroatoms. The van der Waals surface area contributed by atoms with Crippen molar-refractivity contribution in [3.05, 3.63) is 22.4 Å². The molecule has 1 nitrogen and oxygen atoms in total. The van der Waals surface area contributed by atoms with Crippen LogP contribution in [0.15, 0.2) is 17.5 Å². The van der Waals surface area contributed by atoms with Crippen LogP contribution in [0.5, 0.6) is 0 Å². The highest BCUT2D eigenvalue weighted by Gasteiger charge is 2.35. The smallest absolute Gasteiger partial charge is 0.0809 e. The third-order valence-corrected chi connectivity index (χ3v) is 4.97. The van der Waals surface area contributed by atoms with Gasteiger partial charge in [-0.05, 0) is 24.3 Å². The molecule has 0 spiro atoms. The van der Waals surface area contributed by atoms with Gasteiger partial charge in [0, 0.05) is 15.6 Å². The summed E-state index contributed by atoms with van der Waals surface area (Å²) in [5.74, 6) is 0. The second kappa shape index (κ2) is 4.77. The van der Waals surface area contributed by atoms with Crippen LogP contribution in [0.2, 0.25) is 0 Å². The van der Waals surface area contributed by atoms with Crippen LogP contribution in [0.4, 0.5) is 0 Å². The zero-order valence-electron chi connectivity index (χ0n) is 8.17. The van der Waals surface area contributed by atoms with Gasteiger partial charge in [-0.1, -0.05) is 28.4 Å².